The van der Waals surface area contributed by atoms with Crippen molar-refractivity contribution in [2.75, 3.05) is 30.4 Å². The second-order valence-electron chi connectivity index (χ2n) is 6.67. The van der Waals surface area contributed by atoms with Crippen molar-refractivity contribution in [2.24, 2.45) is 14.1 Å². The number of aryl methyl sites for hydroxylation is 1. The zero-order valence-corrected chi connectivity index (χ0v) is 15.6. The Hall–Kier alpha value is -3.17. The molecule has 0 radical (unpaired) electrons. The molecule has 10 heteroatoms. The summed E-state index contributed by atoms with van der Waals surface area (Å²) >= 11 is 0. The Morgan fingerprint density at radius 1 is 1.22 bits per heavy atom. The third-order valence-corrected chi connectivity index (χ3v) is 4.83. The van der Waals surface area contributed by atoms with Crippen molar-refractivity contribution in [3.63, 3.8) is 0 Å². The standard InChI is InChI=1S/C17H22N8O2/c1-23-9-12-15(22-23)21-17(24(2)16(12)26)25-6-4-11(5-7-25)20-13-8-14(27-3)19-10-18-13/h8-11H,4-7H2,1-3H3,(H,18,19,20). The first-order chi connectivity index (χ1) is 13.0. The number of methoxy groups -OCH3 is 1. The van der Waals surface area contributed by atoms with Gasteiger partial charge < -0.3 is 15.0 Å². The lowest BCUT2D eigenvalue weighted by Crippen LogP contribution is -2.42. The van der Waals surface area contributed by atoms with E-state index in [1.165, 1.54) is 6.33 Å². The number of ether oxygens (including phenoxy) is 1. The first-order valence-electron chi connectivity index (χ1n) is 8.83. The first kappa shape index (κ1) is 17.3. The fourth-order valence-electron chi connectivity index (χ4n) is 3.40. The van der Waals surface area contributed by atoms with Gasteiger partial charge in [-0.05, 0) is 12.8 Å². The number of hydrogen-bond donors (Lipinski definition) is 1. The number of rotatable bonds is 4. The fraction of sp³-hybridized carbons (Fsp3) is 0.471. The van der Waals surface area contributed by atoms with E-state index in [0.717, 1.165) is 31.7 Å². The molecule has 1 aliphatic heterocycles. The smallest absolute Gasteiger partial charge is 0.265 e. The SMILES string of the molecule is COc1cc(NC2CCN(c3nc4nn(C)cc4c(=O)n3C)CC2)ncn1. The molecule has 27 heavy (non-hydrogen) atoms. The van der Waals surface area contributed by atoms with Gasteiger partial charge in [-0.3, -0.25) is 14.0 Å². The number of anilines is 2. The fourth-order valence-corrected chi connectivity index (χ4v) is 3.40. The Labute approximate surface area is 155 Å². The maximum absolute atomic E-state index is 12.6. The Bertz CT molecular complexity index is 1020. The minimum atomic E-state index is -0.0728. The summed E-state index contributed by atoms with van der Waals surface area (Å²) in [5.74, 6) is 1.95. The van der Waals surface area contributed by atoms with Gasteiger partial charge in [-0.2, -0.15) is 10.1 Å². The van der Waals surface area contributed by atoms with E-state index in [9.17, 15) is 4.79 Å². The number of fused-ring (bicyclic) bond motifs is 1. The molecule has 0 spiro atoms. The van der Waals surface area contributed by atoms with Gasteiger partial charge in [0.2, 0.25) is 11.8 Å². The van der Waals surface area contributed by atoms with Gasteiger partial charge in [0, 0.05) is 45.5 Å². The van der Waals surface area contributed by atoms with Crippen LogP contribution in [-0.2, 0) is 14.1 Å². The summed E-state index contributed by atoms with van der Waals surface area (Å²) in [5, 5.41) is 8.25. The molecule has 0 aromatic carbocycles. The largest absolute Gasteiger partial charge is 0.481 e. The van der Waals surface area contributed by atoms with Gasteiger partial charge in [0.25, 0.3) is 5.56 Å². The lowest BCUT2D eigenvalue weighted by molar-refractivity contribution is 0.397. The van der Waals surface area contributed by atoms with Gasteiger partial charge >= 0.3 is 0 Å². The van der Waals surface area contributed by atoms with Crippen LogP contribution in [0.1, 0.15) is 12.8 Å². The van der Waals surface area contributed by atoms with Crippen molar-refractivity contribution in [3.05, 3.63) is 28.9 Å². The van der Waals surface area contributed by atoms with Crippen LogP contribution in [0.25, 0.3) is 11.0 Å². The van der Waals surface area contributed by atoms with Crippen LogP contribution in [0.3, 0.4) is 0 Å². The highest BCUT2D eigenvalue weighted by atomic mass is 16.5. The molecule has 1 fully saturated rings. The number of nitrogens with one attached hydrogen (secondary N) is 1. The number of hydrogen-bond acceptors (Lipinski definition) is 8. The molecule has 0 saturated carbocycles. The molecule has 0 unspecified atom stereocenters. The predicted octanol–water partition coefficient (Wildman–Crippen LogP) is 0.547. The van der Waals surface area contributed by atoms with Gasteiger partial charge in [0.15, 0.2) is 5.65 Å². The summed E-state index contributed by atoms with van der Waals surface area (Å²) in [5.41, 5.74) is 0.417. The van der Waals surface area contributed by atoms with Crippen LogP contribution < -0.4 is 20.5 Å². The molecule has 0 bridgehead atoms. The zero-order chi connectivity index (χ0) is 19.0. The highest BCUT2D eigenvalue weighted by Gasteiger charge is 2.23. The molecule has 3 aromatic heterocycles. The minimum Gasteiger partial charge on any atom is -0.481 e. The van der Waals surface area contributed by atoms with Crippen LogP contribution in [0.4, 0.5) is 11.8 Å². The predicted molar refractivity (Wildman–Crippen MR) is 101 cm³/mol. The van der Waals surface area contributed by atoms with Crippen molar-refractivity contribution < 1.29 is 4.74 Å². The van der Waals surface area contributed by atoms with Gasteiger partial charge in [0.1, 0.15) is 17.5 Å². The summed E-state index contributed by atoms with van der Waals surface area (Å²) in [4.78, 5) is 27.6. The van der Waals surface area contributed by atoms with E-state index in [2.05, 4.69) is 30.3 Å². The topological polar surface area (TPSA) is 103 Å². The van der Waals surface area contributed by atoms with Crippen molar-refractivity contribution in [1.82, 2.24) is 29.3 Å². The molecule has 10 nitrogen and oxygen atoms in total. The summed E-state index contributed by atoms with van der Waals surface area (Å²) in [7, 11) is 5.13. The third kappa shape index (κ3) is 3.29. The third-order valence-electron chi connectivity index (χ3n) is 4.83. The molecular weight excluding hydrogens is 348 g/mol. The maximum atomic E-state index is 12.6. The molecule has 4 rings (SSSR count). The molecule has 1 saturated heterocycles. The Morgan fingerprint density at radius 3 is 2.74 bits per heavy atom. The number of nitrogens with zero attached hydrogens (tertiary/aromatic N) is 7. The molecule has 4 heterocycles. The molecule has 142 valence electrons. The van der Waals surface area contributed by atoms with Crippen molar-refractivity contribution in [3.8, 4) is 5.88 Å². The van der Waals surface area contributed by atoms with E-state index < -0.39 is 0 Å². The zero-order valence-electron chi connectivity index (χ0n) is 15.6. The summed E-state index contributed by atoms with van der Waals surface area (Å²) in [6.07, 6.45) is 5.00. The summed E-state index contributed by atoms with van der Waals surface area (Å²) in [6, 6.07) is 2.07. The lowest BCUT2D eigenvalue weighted by Gasteiger charge is -2.33. The Balaban J connectivity index is 1.48. The van der Waals surface area contributed by atoms with Crippen molar-refractivity contribution in [2.45, 2.75) is 18.9 Å². The first-order valence-corrected chi connectivity index (χ1v) is 8.83. The normalized spacial score (nSPS) is 15.3. The molecule has 0 atom stereocenters. The van der Waals surface area contributed by atoms with E-state index in [0.29, 0.717) is 22.9 Å². The molecular formula is C17H22N8O2. The summed E-state index contributed by atoms with van der Waals surface area (Å²) in [6.45, 7) is 1.58. The molecule has 1 N–H and O–H groups in total. The van der Waals surface area contributed by atoms with E-state index in [1.807, 2.05) is 0 Å². The van der Waals surface area contributed by atoms with Crippen LogP contribution >= 0.6 is 0 Å². The van der Waals surface area contributed by atoms with Gasteiger partial charge in [-0.25, -0.2) is 9.97 Å². The minimum absolute atomic E-state index is 0.0728. The van der Waals surface area contributed by atoms with Crippen molar-refractivity contribution in [1.29, 1.82) is 0 Å². The lowest BCUT2D eigenvalue weighted by atomic mass is 10.1. The second kappa shape index (κ2) is 6.86. The highest BCUT2D eigenvalue weighted by Crippen LogP contribution is 2.21. The van der Waals surface area contributed by atoms with Crippen LogP contribution in [0.2, 0.25) is 0 Å². The van der Waals surface area contributed by atoms with Crippen molar-refractivity contribution >= 4 is 22.8 Å². The quantitative estimate of drug-likeness (QED) is 0.710. The number of piperidine rings is 1. The Morgan fingerprint density at radius 2 is 2.00 bits per heavy atom. The van der Waals surface area contributed by atoms with E-state index in [-0.39, 0.29) is 11.6 Å². The second-order valence-corrected chi connectivity index (χ2v) is 6.67. The average Bonchev–Trinajstić information content (AvgIpc) is 3.06. The molecule has 3 aromatic rings. The van der Waals surface area contributed by atoms with Gasteiger partial charge in [0.05, 0.1) is 7.11 Å². The van der Waals surface area contributed by atoms with E-state index in [1.54, 1.807) is 42.7 Å². The molecule has 0 aliphatic carbocycles. The molecule has 1 aliphatic rings. The van der Waals surface area contributed by atoms with Gasteiger partial charge in [-0.1, -0.05) is 0 Å². The maximum Gasteiger partial charge on any atom is 0.265 e. The van der Waals surface area contributed by atoms with Crippen LogP contribution in [0.5, 0.6) is 5.88 Å². The van der Waals surface area contributed by atoms with Crippen LogP contribution in [0.15, 0.2) is 23.4 Å². The van der Waals surface area contributed by atoms with Crippen LogP contribution in [0, 0.1) is 0 Å². The monoisotopic (exact) mass is 370 g/mol. The average molecular weight is 370 g/mol. The van der Waals surface area contributed by atoms with E-state index in [4.69, 9.17) is 4.74 Å². The summed E-state index contributed by atoms with van der Waals surface area (Å²) < 4.78 is 8.36. The highest BCUT2D eigenvalue weighted by molar-refractivity contribution is 5.74. The molecule has 0 amide bonds. The van der Waals surface area contributed by atoms with E-state index >= 15 is 0 Å². The van der Waals surface area contributed by atoms with Gasteiger partial charge in [-0.15, -0.1) is 0 Å². The number of aromatic nitrogens is 6. The Kier molecular flexibility index (Phi) is 4.38. The van der Waals surface area contributed by atoms with Crippen LogP contribution in [-0.4, -0.2) is 55.5 Å².